The fourth-order valence-electron chi connectivity index (χ4n) is 3.53. The zero-order valence-electron chi connectivity index (χ0n) is 14.5. The lowest BCUT2D eigenvalue weighted by molar-refractivity contribution is 0.0975. The van der Waals surface area contributed by atoms with Crippen LogP contribution in [0.1, 0.15) is 59.7 Å². The minimum atomic E-state index is -0.0492. The number of allylic oxidation sites excluding steroid dienone is 1. The monoisotopic (exact) mass is 373 g/mol. The topological polar surface area (TPSA) is 46.2 Å². The molecule has 0 amide bonds. The normalized spacial score (nSPS) is 18.3. The second kappa shape index (κ2) is 8.28. The predicted molar refractivity (Wildman–Crippen MR) is 107 cm³/mol. The fourth-order valence-corrected chi connectivity index (χ4v) is 4.60. The quantitative estimate of drug-likeness (QED) is 0.783. The lowest BCUT2D eigenvalue weighted by Gasteiger charge is -2.22. The van der Waals surface area contributed by atoms with Gasteiger partial charge in [0.2, 0.25) is 0 Å². The van der Waals surface area contributed by atoms with Gasteiger partial charge in [0.25, 0.3) is 0 Å². The molecule has 2 aliphatic carbocycles. The minimum absolute atomic E-state index is 0.0460. The number of fused-ring (bicyclic) bond motifs is 1. The van der Waals surface area contributed by atoms with E-state index in [1.165, 1.54) is 43.9 Å². The molecule has 1 aromatic rings. The zero-order valence-corrected chi connectivity index (χ0v) is 16.1. The molecule has 0 saturated heterocycles. The third-order valence-corrected chi connectivity index (χ3v) is 6.43. The molecule has 0 atom stereocenters. The Hall–Kier alpha value is -1.46. The first-order chi connectivity index (χ1) is 12.1. The summed E-state index contributed by atoms with van der Waals surface area (Å²) < 4.78 is 0.713. The molecule has 1 fully saturated rings. The van der Waals surface area contributed by atoms with Crippen LogP contribution in [-0.2, 0) is 0 Å². The van der Waals surface area contributed by atoms with Crippen molar-refractivity contribution >= 4 is 39.9 Å². The average Bonchev–Trinajstić information content (AvgIpc) is 2.65. The first kappa shape index (κ1) is 18.3. The van der Waals surface area contributed by atoms with Crippen molar-refractivity contribution in [1.29, 1.82) is 0 Å². The maximum absolute atomic E-state index is 12.7. The Bertz CT molecular complexity index is 733. The summed E-state index contributed by atoms with van der Waals surface area (Å²) in [6.45, 7) is 2.66. The maximum Gasteiger partial charge on any atom is 0.191 e. The summed E-state index contributed by atoms with van der Waals surface area (Å²) in [5, 5.41) is 3.33. The molecule has 25 heavy (non-hydrogen) atoms. The van der Waals surface area contributed by atoms with Gasteiger partial charge < -0.3 is 5.32 Å². The van der Waals surface area contributed by atoms with Gasteiger partial charge in [0.15, 0.2) is 11.6 Å². The highest BCUT2D eigenvalue weighted by Crippen LogP contribution is 2.28. The summed E-state index contributed by atoms with van der Waals surface area (Å²) in [6.07, 6.45) is 6.52. The zero-order chi connectivity index (χ0) is 17.8. The summed E-state index contributed by atoms with van der Waals surface area (Å²) in [5.74, 6) is 1.06. The Morgan fingerprint density at radius 1 is 1.12 bits per heavy atom. The predicted octanol–water partition coefficient (Wildman–Crippen LogP) is 4.57. The average molecular weight is 374 g/mol. The van der Waals surface area contributed by atoms with E-state index in [0.717, 1.165) is 6.54 Å². The third-order valence-electron chi connectivity index (χ3n) is 5.09. The number of benzene rings is 1. The highest BCUT2D eigenvalue weighted by Gasteiger charge is 2.29. The smallest absolute Gasteiger partial charge is 0.191 e. The molecule has 1 N–H and O–H groups in total. The molecule has 0 bridgehead atoms. The first-order valence-electron chi connectivity index (χ1n) is 8.86. The number of thioether (sulfide) groups is 1. The van der Waals surface area contributed by atoms with Crippen molar-refractivity contribution in [2.45, 2.75) is 39.0 Å². The van der Waals surface area contributed by atoms with Gasteiger partial charge in [-0.1, -0.05) is 67.5 Å². The number of hydrogen-bond donors (Lipinski definition) is 1. The van der Waals surface area contributed by atoms with Crippen LogP contribution in [0.25, 0.3) is 0 Å². The third kappa shape index (κ3) is 4.21. The number of Topliss-reactive ketones (excluding diaryl/α,β-unsaturated/α-hetero) is 2. The van der Waals surface area contributed by atoms with Crippen LogP contribution in [0.4, 0.5) is 0 Å². The molecule has 1 saturated carbocycles. The molecular formula is C20H23NO2S2. The van der Waals surface area contributed by atoms with Crippen molar-refractivity contribution < 1.29 is 9.59 Å². The van der Waals surface area contributed by atoms with Crippen LogP contribution in [0.15, 0.2) is 35.4 Å². The van der Waals surface area contributed by atoms with E-state index >= 15 is 0 Å². The minimum Gasteiger partial charge on any atom is -0.371 e. The van der Waals surface area contributed by atoms with E-state index in [2.05, 4.69) is 5.32 Å². The Morgan fingerprint density at radius 3 is 2.44 bits per heavy atom. The van der Waals surface area contributed by atoms with E-state index in [9.17, 15) is 9.59 Å². The summed E-state index contributed by atoms with van der Waals surface area (Å²) in [5.41, 5.74) is 2.15. The first-order valence-corrected chi connectivity index (χ1v) is 10.3. The summed E-state index contributed by atoms with van der Waals surface area (Å²) >= 11 is 6.85. The van der Waals surface area contributed by atoms with Gasteiger partial charge in [0.05, 0.1) is 0 Å². The van der Waals surface area contributed by atoms with E-state index in [0.29, 0.717) is 38.3 Å². The van der Waals surface area contributed by atoms with Crippen LogP contribution in [0, 0.1) is 5.92 Å². The van der Waals surface area contributed by atoms with E-state index in [-0.39, 0.29) is 11.6 Å². The number of carbonyl (C=O) groups is 2. The maximum atomic E-state index is 12.7. The van der Waals surface area contributed by atoms with E-state index in [1.54, 1.807) is 31.2 Å². The van der Waals surface area contributed by atoms with Crippen LogP contribution >= 0.6 is 24.0 Å². The van der Waals surface area contributed by atoms with Crippen molar-refractivity contribution in [1.82, 2.24) is 5.32 Å². The van der Waals surface area contributed by atoms with Crippen LogP contribution in [0.3, 0.4) is 0 Å². The van der Waals surface area contributed by atoms with Gasteiger partial charge >= 0.3 is 0 Å². The summed E-state index contributed by atoms with van der Waals surface area (Å²) in [7, 11) is 0. The van der Waals surface area contributed by atoms with Crippen molar-refractivity contribution in [2.24, 2.45) is 5.92 Å². The second-order valence-corrected chi connectivity index (χ2v) is 8.42. The molecule has 3 nitrogen and oxygen atoms in total. The number of hydrogen-bond acceptors (Lipinski definition) is 4. The molecular weight excluding hydrogens is 350 g/mol. The van der Waals surface area contributed by atoms with Crippen molar-refractivity contribution in [3.8, 4) is 0 Å². The Balaban J connectivity index is 1.58. The standard InChI is InChI=1S/C20H23NO2S2/c1-13-17(19(23)16-10-6-5-9-15(16)18(13)22)12-25-20(24)21-11-14-7-3-2-4-8-14/h5-6,9-10,14H,2-4,7-8,11-12H2,1H3,(H,21,24). The van der Waals surface area contributed by atoms with Gasteiger partial charge in [-0.25, -0.2) is 0 Å². The SMILES string of the molecule is CC1=C(CSC(=S)NCC2CCCCC2)C(=O)c2ccccc2C1=O. The number of carbonyl (C=O) groups excluding carboxylic acids is 2. The Labute approximate surface area is 158 Å². The van der Waals surface area contributed by atoms with Crippen LogP contribution < -0.4 is 5.32 Å². The van der Waals surface area contributed by atoms with Crippen LogP contribution in [0.5, 0.6) is 0 Å². The van der Waals surface area contributed by atoms with Crippen LogP contribution in [0.2, 0.25) is 0 Å². The van der Waals surface area contributed by atoms with Crippen molar-refractivity contribution in [3.63, 3.8) is 0 Å². The van der Waals surface area contributed by atoms with Gasteiger partial charge in [0.1, 0.15) is 4.32 Å². The molecule has 3 rings (SSSR count). The van der Waals surface area contributed by atoms with Crippen molar-refractivity contribution in [3.05, 3.63) is 46.5 Å². The molecule has 0 heterocycles. The van der Waals surface area contributed by atoms with E-state index in [1.807, 2.05) is 0 Å². The van der Waals surface area contributed by atoms with Gasteiger partial charge in [-0.2, -0.15) is 0 Å². The molecule has 5 heteroatoms. The van der Waals surface area contributed by atoms with Crippen molar-refractivity contribution in [2.75, 3.05) is 12.3 Å². The molecule has 0 aliphatic heterocycles. The number of rotatable bonds is 4. The van der Waals surface area contributed by atoms with Gasteiger partial charge in [0, 0.05) is 34.6 Å². The molecule has 0 radical (unpaired) electrons. The molecule has 132 valence electrons. The highest BCUT2D eigenvalue weighted by atomic mass is 32.2. The molecule has 0 aromatic heterocycles. The van der Waals surface area contributed by atoms with Gasteiger partial charge in [-0.3, -0.25) is 9.59 Å². The summed E-state index contributed by atoms with van der Waals surface area (Å²) in [6, 6.07) is 7.04. The summed E-state index contributed by atoms with van der Waals surface area (Å²) in [4.78, 5) is 25.2. The molecule has 2 aliphatic rings. The highest BCUT2D eigenvalue weighted by molar-refractivity contribution is 8.23. The van der Waals surface area contributed by atoms with Crippen LogP contribution in [-0.4, -0.2) is 28.2 Å². The van der Waals surface area contributed by atoms with Gasteiger partial charge in [-0.15, -0.1) is 0 Å². The molecule has 1 aromatic carbocycles. The largest absolute Gasteiger partial charge is 0.371 e. The molecule has 0 spiro atoms. The Morgan fingerprint density at radius 2 is 1.76 bits per heavy atom. The number of nitrogens with one attached hydrogen (secondary N) is 1. The Kier molecular flexibility index (Phi) is 6.07. The van der Waals surface area contributed by atoms with E-state index in [4.69, 9.17) is 12.2 Å². The lowest BCUT2D eigenvalue weighted by Crippen LogP contribution is -2.28. The lowest BCUT2D eigenvalue weighted by atomic mass is 9.85. The van der Waals surface area contributed by atoms with E-state index < -0.39 is 0 Å². The second-order valence-electron chi connectivity index (χ2n) is 6.77. The number of thiocarbonyl (C=S) groups is 1. The number of ketones is 2. The fraction of sp³-hybridized carbons (Fsp3) is 0.450. The molecule has 0 unspecified atom stereocenters. The van der Waals surface area contributed by atoms with Gasteiger partial charge in [-0.05, 0) is 25.7 Å².